The van der Waals surface area contributed by atoms with Gasteiger partial charge in [0.25, 0.3) is 5.91 Å². The molecule has 1 aromatic heterocycles. The number of carbonyl (C=O) groups excluding carboxylic acids is 1. The molecule has 1 aromatic carbocycles. The van der Waals surface area contributed by atoms with Crippen LogP contribution in [0.1, 0.15) is 23.2 Å². The van der Waals surface area contributed by atoms with Crippen molar-refractivity contribution in [1.29, 1.82) is 0 Å². The summed E-state index contributed by atoms with van der Waals surface area (Å²) in [6.45, 7) is 2.77. The molecule has 24 heavy (non-hydrogen) atoms. The van der Waals surface area contributed by atoms with Gasteiger partial charge in [0.15, 0.2) is 0 Å². The maximum Gasteiger partial charge on any atom is 0.251 e. The van der Waals surface area contributed by atoms with Crippen LogP contribution >= 0.6 is 0 Å². The fourth-order valence-electron chi connectivity index (χ4n) is 3.03. The first-order valence-electron chi connectivity index (χ1n) is 8.33. The Bertz CT molecular complexity index is 650. The molecule has 1 N–H and O–H groups in total. The van der Waals surface area contributed by atoms with Crippen LogP contribution in [0.5, 0.6) is 5.75 Å². The molecule has 126 valence electrons. The zero-order valence-corrected chi connectivity index (χ0v) is 13.9. The topological polar surface area (TPSA) is 54.5 Å². The van der Waals surface area contributed by atoms with Crippen LogP contribution in [0.25, 0.3) is 0 Å². The summed E-state index contributed by atoms with van der Waals surface area (Å²) in [5.41, 5.74) is 1.90. The summed E-state index contributed by atoms with van der Waals surface area (Å²) in [5, 5.41) is 3.05. The first-order chi connectivity index (χ1) is 11.8. The minimum Gasteiger partial charge on any atom is -0.497 e. The first kappa shape index (κ1) is 16.3. The molecule has 0 saturated carbocycles. The third kappa shape index (κ3) is 4.04. The van der Waals surface area contributed by atoms with Crippen molar-refractivity contribution in [3.05, 3.63) is 54.4 Å². The zero-order valence-electron chi connectivity index (χ0n) is 13.9. The summed E-state index contributed by atoms with van der Waals surface area (Å²) >= 11 is 0. The van der Waals surface area contributed by atoms with Crippen LogP contribution in [0, 0.1) is 5.92 Å². The summed E-state index contributed by atoms with van der Waals surface area (Å²) in [6.07, 6.45) is 5.84. The molecule has 1 aliphatic heterocycles. The SMILES string of the molecule is COc1ccc(C(=O)NCC2CCN(c3ccncc3)CC2)cc1. The lowest BCUT2D eigenvalue weighted by Gasteiger charge is -2.33. The van der Waals surface area contributed by atoms with Gasteiger partial charge in [0.2, 0.25) is 0 Å². The Morgan fingerprint density at radius 3 is 2.46 bits per heavy atom. The van der Waals surface area contributed by atoms with Gasteiger partial charge in [0.05, 0.1) is 7.11 Å². The van der Waals surface area contributed by atoms with Gasteiger partial charge in [-0.25, -0.2) is 0 Å². The number of amides is 1. The second-order valence-electron chi connectivity index (χ2n) is 6.07. The number of anilines is 1. The number of hydrogen-bond acceptors (Lipinski definition) is 4. The summed E-state index contributed by atoms with van der Waals surface area (Å²) in [4.78, 5) is 18.6. The molecule has 0 atom stereocenters. The molecule has 1 amide bonds. The molecule has 2 aromatic rings. The highest BCUT2D eigenvalue weighted by atomic mass is 16.5. The van der Waals surface area contributed by atoms with E-state index >= 15 is 0 Å². The van der Waals surface area contributed by atoms with Gasteiger partial charge in [-0.1, -0.05) is 0 Å². The largest absolute Gasteiger partial charge is 0.497 e. The summed E-state index contributed by atoms with van der Waals surface area (Å²) in [5.74, 6) is 1.27. The van der Waals surface area contributed by atoms with Gasteiger partial charge < -0.3 is 15.0 Å². The van der Waals surface area contributed by atoms with E-state index in [-0.39, 0.29) is 5.91 Å². The maximum atomic E-state index is 12.2. The zero-order chi connectivity index (χ0) is 16.8. The molecule has 1 saturated heterocycles. The van der Waals surface area contributed by atoms with E-state index in [9.17, 15) is 4.79 Å². The number of aromatic nitrogens is 1. The van der Waals surface area contributed by atoms with E-state index in [1.165, 1.54) is 5.69 Å². The number of benzene rings is 1. The molecule has 0 bridgehead atoms. The Morgan fingerprint density at radius 2 is 1.83 bits per heavy atom. The van der Waals surface area contributed by atoms with Crippen LogP contribution in [-0.2, 0) is 0 Å². The smallest absolute Gasteiger partial charge is 0.251 e. The first-order valence-corrected chi connectivity index (χ1v) is 8.33. The summed E-state index contributed by atoms with van der Waals surface area (Å²) < 4.78 is 5.11. The van der Waals surface area contributed by atoms with Crippen LogP contribution in [0.15, 0.2) is 48.8 Å². The van der Waals surface area contributed by atoms with Crippen molar-refractivity contribution in [2.45, 2.75) is 12.8 Å². The van der Waals surface area contributed by atoms with Crippen LogP contribution in [0.2, 0.25) is 0 Å². The van der Waals surface area contributed by atoms with Gasteiger partial charge in [-0.2, -0.15) is 0 Å². The number of pyridine rings is 1. The Morgan fingerprint density at radius 1 is 1.17 bits per heavy atom. The molecule has 1 fully saturated rings. The molecular formula is C19H23N3O2. The van der Waals surface area contributed by atoms with E-state index in [2.05, 4.69) is 15.2 Å². The van der Waals surface area contributed by atoms with Crippen LogP contribution in [0.3, 0.4) is 0 Å². The van der Waals surface area contributed by atoms with Crippen LogP contribution < -0.4 is 15.0 Å². The van der Waals surface area contributed by atoms with Crippen LogP contribution in [0.4, 0.5) is 5.69 Å². The Kier molecular flexibility index (Phi) is 5.31. The molecule has 0 radical (unpaired) electrons. The number of carbonyl (C=O) groups is 1. The molecule has 1 aliphatic rings. The number of nitrogens with one attached hydrogen (secondary N) is 1. The minimum absolute atomic E-state index is 0.0192. The fourth-order valence-corrected chi connectivity index (χ4v) is 3.03. The fraction of sp³-hybridized carbons (Fsp3) is 0.368. The lowest BCUT2D eigenvalue weighted by molar-refractivity contribution is 0.0945. The van der Waals surface area contributed by atoms with E-state index in [1.54, 1.807) is 19.2 Å². The molecule has 0 unspecified atom stereocenters. The normalized spacial score (nSPS) is 15.1. The van der Waals surface area contributed by atoms with Gasteiger partial charge in [0, 0.05) is 43.3 Å². The molecule has 2 heterocycles. The number of piperidine rings is 1. The molecular weight excluding hydrogens is 302 g/mol. The van der Waals surface area contributed by atoms with Gasteiger partial charge in [-0.3, -0.25) is 9.78 Å². The van der Waals surface area contributed by atoms with Gasteiger partial charge >= 0.3 is 0 Å². The number of hydrogen-bond donors (Lipinski definition) is 1. The number of rotatable bonds is 5. The van der Waals surface area contributed by atoms with E-state index in [0.29, 0.717) is 11.5 Å². The van der Waals surface area contributed by atoms with Crippen molar-refractivity contribution in [2.75, 3.05) is 31.6 Å². The molecule has 0 spiro atoms. The molecule has 3 rings (SSSR count). The van der Waals surface area contributed by atoms with Crippen molar-refractivity contribution < 1.29 is 9.53 Å². The van der Waals surface area contributed by atoms with Crippen molar-refractivity contribution >= 4 is 11.6 Å². The molecule has 5 nitrogen and oxygen atoms in total. The lowest BCUT2D eigenvalue weighted by atomic mass is 9.96. The van der Waals surface area contributed by atoms with Crippen LogP contribution in [-0.4, -0.2) is 37.6 Å². The quantitative estimate of drug-likeness (QED) is 0.918. The predicted molar refractivity (Wildman–Crippen MR) is 94.5 cm³/mol. The number of nitrogens with zero attached hydrogens (tertiary/aromatic N) is 2. The third-order valence-corrected chi connectivity index (χ3v) is 4.55. The lowest BCUT2D eigenvalue weighted by Crippen LogP contribution is -2.38. The average molecular weight is 325 g/mol. The van der Waals surface area contributed by atoms with E-state index in [4.69, 9.17) is 4.74 Å². The maximum absolute atomic E-state index is 12.2. The van der Waals surface area contributed by atoms with E-state index in [1.807, 2.05) is 36.7 Å². The Balaban J connectivity index is 1.45. The molecule has 0 aliphatic carbocycles. The highest BCUT2D eigenvalue weighted by Gasteiger charge is 2.20. The van der Waals surface area contributed by atoms with Crippen molar-refractivity contribution in [3.8, 4) is 5.75 Å². The minimum atomic E-state index is -0.0192. The van der Waals surface area contributed by atoms with Crippen molar-refractivity contribution in [1.82, 2.24) is 10.3 Å². The average Bonchev–Trinajstić information content (AvgIpc) is 2.67. The highest BCUT2D eigenvalue weighted by molar-refractivity contribution is 5.94. The van der Waals surface area contributed by atoms with Gasteiger partial charge in [-0.05, 0) is 55.2 Å². The van der Waals surface area contributed by atoms with E-state index in [0.717, 1.165) is 38.2 Å². The summed E-state index contributed by atoms with van der Waals surface area (Å²) in [7, 11) is 1.62. The number of methoxy groups -OCH3 is 1. The third-order valence-electron chi connectivity index (χ3n) is 4.55. The monoisotopic (exact) mass is 325 g/mol. The highest BCUT2D eigenvalue weighted by Crippen LogP contribution is 2.22. The second kappa shape index (κ2) is 7.81. The molecule has 5 heteroatoms. The van der Waals surface area contributed by atoms with E-state index < -0.39 is 0 Å². The Hall–Kier alpha value is -2.56. The predicted octanol–water partition coefficient (Wildman–Crippen LogP) is 2.74. The number of ether oxygens (including phenoxy) is 1. The Labute approximate surface area is 142 Å². The van der Waals surface area contributed by atoms with Crippen molar-refractivity contribution in [2.24, 2.45) is 5.92 Å². The second-order valence-corrected chi connectivity index (χ2v) is 6.07. The van der Waals surface area contributed by atoms with Gasteiger partial charge in [0.1, 0.15) is 5.75 Å². The summed E-state index contributed by atoms with van der Waals surface area (Å²) in [6, 6.07) is 11.3. The van der Waals surface area contributed by atoms with Crippen molar-refractivity contribution in [3.63, 3.8) is 0 Å². The van der Waals surface area contributed by atoms with Gasteiger partial charge in [-0.15, -0.1) is 0 Å². The standard InChI is InChI=1S/C19H23N3O2/c1-24-18-4-2-16(3-5-18)19(23)21-14-15-8-12-22(13-9-15)17-6-10-20-11-7-17/h2-7,10-11,15H,8-9,12-14H2,1H3,(H,21,23).